The second kappa shape index (κ2) is 6.02. The number of amides is 1. The minimum Gasteiger partial charge on any atom is -0.344 e. The van der Waals surface area contributed by atoms with E-state index in [0.29, 0.717) is 6.54 Å². The predicted octanol–water partition coefficient (Wildman–Crippen LogP) is 2.51. The van der Waals surface area contributed by atoms with Crippen LogP contribution in [0.15, 0.2) is 23.1 Å². The van der Waals surface area contributed by atoms with E-state index in [2.05, 4.69) is 15.0 Å². The maximum Gasteiger partial charge on any atom is 0.261 e. The minimum absolute atomic E-state index is 0.0830. The third-order valence-electron chi connectivity index (χ3n) is 4.34. The summed E-state index contributed by atoms with van der Waals surface area (Å²) in [5.74, 6) is 0.791. The van der Waals surface area contributed by atoms with Crippen molar-refractivity contribution in [2.75, 3.05) is 6.54 Å². The van der Waals surface area contributed by atoms with Gasteiger partial charge in [0.15, 0.2) is 0 Å². The Labute approximate surface area is 134 Å². The molecule has 1 aliphatic heterocycles. The molecule has 0 aromatic carbocycles. The highest BCUT2D eigenvalue weighted by Gasteiger charge is 2.33. The van der Waals surface area contributed by atoms with Crippen molar-refractivity contribution in [3.05, 3.63) is 51.5 Å². The topological polar surface area (TPSA) is 81.8 Å². The van der Waals surface area contributed by atoms with Crippen molar-refractivity contribution >= 4 is 5.91 Å². The summed E-state index contributed by atoms with van der Waals surface area (Å²) >= 11 is 0. The van der Waals surface area contributed by atoms with Gasteiger partial charge in [0.1, 0.15) is 11.4 Å². The number of rotatable bonds is 3. The zero-order valence-electron chi connectivity index (χ0n) is 13.7. The first-order valence-electron chi connectivity index (χ1n) is 8.03. The molecule has 2 N–H and O–H groups in total. The molecule has 0 aliphatic carbocycles. The largest absolute Gasteiger partial charge is 0.344 e. The van der Waals surface area contributed by atoms with Crippen molar-refractivity contribution in [1.29, 1.82) is 0 Å². The van der Waals surface area contributed by atoms with Crippen LogP contribution in [0.2, 0.25) is 0 Å². The van der Waals surface area contributed by atoms with E-state index in [9.17, 15) is 9.59 Å². The molecule has 122 valence electrons. The summed E-state index contributed by atoms with van der Waals surface area (Å²) in [7, 11) is 0. The molecule has 23 heavy (non-hydrogen) atoms. The first kappa shape index (κ1) is 15.5. The van der Waals surface area contributed by atoms with E-state index < -0.39 is 0 Å². The molecular formula is C17H22N4O2. The predicted molar refractivity (Wildman–Crippen MR) is 87.5 cm³/mol. The number of aryl methyl sites for hydroxylation is 1. The second-order valence-electron chi connectivity index (χ2n) is 6.42. The Balaban J connectivity index is 1.89. The molecule has 0 spiro atoms. The number of likely N-dealkylation sites (tertiary alicyclic amines) is 1. The van der Waals surface area contributed by atoms with Gasteiger partial charge < -0.3 is 14.9 Å². The smallest absolute Gasteiger partial charge is 0.261 e. The number of imidazole rings is 1. The number of carbonyl (C=O) groups excluding carboxylic acids is 1. The standard InChI is InChI=1S/C17H22N4O2/c1-10(2)13-7-6-12(16(22)20-13)17(23)21-8-4-5-14(21)15-18-9-11(3)19-15/h6-7,9-10,14H,4-5,8H2,1-3H3,(H,18,19)(H,20,22)/t14-/m0/s1. The van der Waals surface area contributed by atoms with E-state index in [4.69, 9.17) is 0 Å². The Bertz CT molecular complexity index is 775. The number of nitrogens with one attached hydrogen (secondary N) is 2. The van der Waals surface area contributed by atoms with Crippen molar-refractivity contribution in [1.82, 2.24) is 19.9 Å². The van der Waals surface area contributed by atoms with Gasteiger partial charge in [0, 0.05) is 24.1 Å². The third kappa shape index (κ3) is 2.93. The summed E-state index contributed by atoms with van der Waals surface area (Å²) in [5, 5.41) is 0. The van der Waals surface area contributed by atoms with E-state index in [1.54, 1.807) is 17.2 Å². The molecule has 3 rings (SSSR count). The van der Waals surface area contributed by atoms with Crippen LogP contribution >= 0.6 is 0 Å². The number of carbonyl (C=O) groups is 1. The van der Waals surface area contributed by atoms with Gasteiger partial charge in [0.05, 0.1) is 6.04 Å². The summed E-state index contributed by atoms with van der Waals surface area (Å²) < 4.78 is 0. The monoisotopic (exact) mass is 314 g/mol. The number of pyridine rings is 1. The highest BCUT2D eigenvalue weighted by atomic mass is 16.2. The molecule has 0 unspecified atom stereocenters. The van der Waals surface area contributed by atoms with Gasteiger partial charge in [-0.2, -0.15) is 0 Å². The number of hydrogen-bond acceptors (Lipinski definition) is 3. The maximum absolute atomic E-state index is 12.8. The van der Waals surface area contributed by atoms with Crippen LogP contribution in [0.1, 0.15) is 66.2 Å². The highest BCUT2D eigenvalue weighted by Crippen LogP contribution is 2.31. The molecule has 0 saturated carbocycles. The van der Waals surface area contributed by atoms with Gasteiger partial charge >= 0.3 is 0 Å². The third-order valence-corrected chi connectivity index (χ3v) is 4.34. The number of H-pyrrole nitrogens is 2. The van der Waals surface area contributed by atoms with Crippen molar-refractivity contribution < 1.29 is 4.79 Å². The van der Waals surface area contributed by atoms with Crippen LogP contribution in [0.5, 0.6) is 0 Å². The Morgan fingerprint density at radius 3 is 2.74 bits per heavy atom. The van der Waals surface area contributed by atoms with Crippen molar-refractivity contribution in [2.45, 2.75) is 45.6 Å². The van der Waals surface area contributed by atoms with Crippen molar-refractivity contribution in [2.24, 2.45) is 0 Å². The Kier molecular flexibility index (Phi) is 4.07. The summed E-state index contributed by atoms with van der Waals surface area (Å²) in [6.45, 7) is 6.59. The van der Waals surface area contributed by atoms with E-state index >= 15 is 0 Å². The maximum atomic E-state index is 12.8. The minimum atomic E-state index is -0.317. The van der Waals surface area contributed by atoms with Crippen LogP contribution in [0.25, 0.3) is 0 Å². The molecule has 1 aliphatic rings. The number of aromatic nitrogens is 3. The van der Waals surface area contributed by atoms with Crippen LogP contribution in [-0.2, 0) is 0 Å². The van der Waals surface area contributed by atoms with E-state index in [1.165, 1.54) is 0 Å². The lowest BCUT2D eigenvalue weighted by Gasteiger charge is -2.23. The number of hydrogen-bond donors (Lipinski definition) is 2. The van der Waals surface area contributed by atoms with Gasteiger partial charge in [-0.05, 0) is 37.8 Å². The molecule has 1 fully saturated rings. The Hall–Kier alpha value is -2.37. The highest BCUT2D eigenvalue weighted by molar-refractivity contribution is 5.94. The fraction of sp³-hybridized carbons (Fsp3) is 0.471. The zero-order valence-corrected chi connectivity index (χ0v) is 13.7. The molecule has 6 nitrogen and oxygen atoms in total. The average molecular weight is 314 g/mol. The fourth-order valence-corrected chi connectivity index (χ4v) is 3.05. The van der Waals surface area contributed by atoms with Crippen molar-refractivity contribution in [3.63, 3.8) is 0 Å². The van der Waals surface area contributed by atoms with Crippen LogP contribution in [0, 0.1) is 6.92 Å². The lowest BCUT2D eigenvalue weighted by atomic mass is 10.1. The first-order valence-corrected chi connectivity index (χ1v) is 8.03. The summed E-state index contributed by atoms with van der Waals surface area (Å²) in [6, 6.07) is 3.38. The van der Waals surface area contributed by atoms with Crippen LogP contribution in [0.4, 0.5) is 0 Å². The second-order valence-corrected chi connectivity index (χ2v) is 6.42. The van der Waals surface area contributed by atoms with Gasteiger partial charge in [-0.25, -0.2) is 4.98 Å². The summed E-state index contributed by atoms with van der Waals surface area (Å²) in [6.07, 6.45) is 3.54. The van der Waals surface area contributed by atoms with Gasteiger partial charge in [0.25, 0.3) is 11.5 Å². The molecule has 1 amide bonds. The molecule has 3 heterocycles. The quantitative estimate of drug-likeness (QED) is 0.913. The molecule has 1 atom stereocenters. The number of nitrogens with zero attached hydrogens (tertiary/aromatic N) is 2. The molecule has 2 aromatic rings. The lowest BCUT2D eigenvalue weighted by Crippen LogP contribution is -2.35. The van der Waals surface area contributed by atoms with E-state index in [0.717, 1.165) is 30.1 Å². The van der Waals surface area contributed by atoms with Crippen LogP contribution < -0.4 is 5.56 Å². The Morgan fingerprint density at radius 2 is 2.13 bits per heavy atom. The summed E-state index contributed by atoms with van der Waals surface area (Å²) in [5.41, 5.74) is 1.69. The van der Waals surface area contributed by atoms with Crippen LogP contribution in [-0.4, -0.2) is 32.3 Å². The normalized spacial score (nSPS) is 17.9. The van der Waals surface area contributed by atoms with Crippen molar-refractivity contribution in [3.8, 4) is 0 Å². The fourth-order valence-electron chi connectivity index (χ4n) is 3.05. The SMILES string of the molecule is Cc1cnc([C@@H]2CCCN2C(=O)c2ccc(C(C)C)[nH]c2=O)[nH]1. The number of aromatic amines is 2. The van der Waals surface area contributed by atoms with Crippen LogP contribution in [0.3, 0.4) is 0 Å². The molecule has 1 saturated heterocycles. The molecule has 0 bridgehead atoms. The lowest BCUT2D eigenvalue weighted by molar-refractivity contribution is 0.0728. The van der Waals surface area contributed by atoms with E-state index in [1.807, 2.05) is 26.8 Å². The van der Waals surface area contributed by atoms with Gasteiger partial charge in [0.2, 0.25) is 0 Å². The van der Waals surface area contributed by atoms with Gasteiger partial charge in [-0.3, -0.25) is 9.59 Å². The summed E-state index contributed by atoms with van der Waals surface area (Å²) in [4.78, 5) is 37.2. The Morgan fingerprint density at radius 1 is 1.35 bits per heavy atom. The van der Waals surface area contributed by atoms with E-state index in [-0.39, 0.29) is 29.0 Å². The zero-order chi connectivity index (χ0) is 16.6. The molecule has 0 radical (unpaired) electrons. The van der Waals surface area contributed by atoms with Gasteiger partial charge in [-0.15, -0.1) is 0 Å². The molecule has 2 aromatic heterocycles. The molecule has 6 heteroatoms. The van der Waals surface area contributed by atoms with Gasteiger partial charge in [-0.1, -0.05) is 13.8 Å². The molecular weight excluding hydrogens is 292 g/mol. The average Bonchev–Trinajstić information content (AvgIpc) is 3.14. The first-order chi connectivity index (χ1) is 11.0.